The molecule has 2 amide bonds. The molecule has 0 fully saturated rings. The van der Waals surface area contributed by atoms with Crippen molar-refractivity contribution in [3.63, 3.8) is 0 Å². The van der Waals surface area contributed by atoms with Crippen LogP contribution in [0.25, 0.3) is 0 Å². The number of anilines is 2. The molecule has 0 spiro atoms. The maximum absolute atomic E-state index is 13.6. The molecule has 4 nitrogen and oxygen atoms in total. The number of fused-ring (bicyclic) bond motifs is 1. The summed E-state index contributed by atoms with van der Waals surface area (Å²) >= 11 is 0. The average molecular weight is 298 g/mol. The Morgan fingerprint density at radius 3 is 2.77 bits per heavy atom. The van der Waals surface area contributed by atoms with Gasteiger partial charge in [0.05, 0.1) is 5.69 Å². The van der Waals surface area contributed by atoms with Crippen molar-refractivity contribution in [2.45, 2.75) is 19.3 Å². The monoisotopic (exact) mass is 298 g/mol. The smallest absolute Gasteiger partial charge is 0.255 e. The third-order valence-corrected chi connectivity index (χ3v) is 3.61. The van der Waals surface area contributed by atoms with Crippen LogP contribution in [0.15, 0.2) is 42.5 Å². The molecule has 3 rings (SSSR count). The number of hydrogen-bond acceptors (Lipinski definition) is 2. The lowest BCUT2D eigenvalue weighted by Crippen LogP contribution is -2.14. The van der Waals surface area contributed by atoms with E-state index < -0.39 is 5.82 Å². The van der Waals surface area contributed by atoms with E-state index in [1.807, 2.05) is 0 Å². The highest BCUT2D eigenvalue weighted by Crippen LogP contribution is 2.24. The van der Waals surface area contributed by atoms with E-state index in [1.165, 1.54) is 12.1 Å². The number of carbonyl (C=O) groups is 2. The molecule has 0 unspecified atom stereocenters. The molecule has 0 saturated heterocycles. The maximum atomic E-state index is 13.6. The van der Waals surface area contributed by atoms with Gasteiger partial charge in [-0.1, -0.05) is 12.1 Å². The third kappa shape index (κ3) is 2.98. The summed E-state index contributed by atoms with van der Waals surface area (Å²) in [5, 5.41) is 5.37. The minimum Gasteiger partial charge on any atom is -0.326 e. The Hall–Kier alpha value is -2.69. The minimum atomic E-state index is -0.474. The van der Waals surface area contributed by atoms with Crippen LogP contribution < -0.4 is 10.6 Å². The zero-order valence-corrected chi connectivity index (χ0v) is 11.9. The lowest BCUT2D eigenvalue weighted by Gasteiger charge is -2.10. The molecule has 0 radical (unpaired) electrons. The number of nitrogens with one attached hydrogen (secondary N) is 2. The number of aryl methyl sites for hydroxylation is 1. The van der Waals surface area contributed by atoms with Gasteiger partial charge in [-0.25, -0.2) is 4.39 Å². The molecule has 2 N–H and O–H groups in total. The number of carbonyl (C=O) groups excluding carboxylic acids is 2. The summed E-state index contributed by atoms with van der Waals surface area (Å²) < 4.78 is 13.6. The second-order valence-electron chi connectivity index (χ2n) is 5.21. The normalized spacial score (nSPS) is 13.8. The van der Waals surface area contributed by atoms with Crippen molar-refractivity contribution >= 4 is 23.2 Å². The van der Waals surface area contributed by atoms with Crippen molar-refractivity contribution in [2.24, 2.45) is 0 Å². The van der Waals surface area contributed by atoms with E-state index in [0.29, 0.717) is 12.0 Å². The van der Waals surface area contributed by atoms with Crippen molar-refractivity contribution < 1.29 is 14.0 Å². The summed E-state index contributed by atoms with van der Waals surface area (Å²) in [5.74, 6) is -0.858. The summed E-state index contributed by atoms with van der Waals surface area (Å²) in [4.78, 5) is 23.7. The SMILES string of the molecule is O=C1CCCc2cc(C(=O)Nc3ccccc3F)ccc2N1. The van der Waals surface area contributed by atoms with Crippen LogP contribution in [0.3, 0.4) is 0 Å². The van der Waals surface area contributed by atoms with Crippen LogP contribution in [0.2, 0.25) is 0 Å². The molecule has 0 atom stereocenters. The predicted molar refractivity (Wildman–Crippen MR) is 82.4 cm³/mol. The van der Waals surface area contributed by atoms with Crippen molar-refractivity contribution in [1.29, 1.82) is 0 Å². The molecule has 1 aliphatic rings. The molecule has 0 bridgehead atoms. The minimum absolute atomic E-state index is 0.0118. The van der Waals surface area contributed by atoms with Gasteiger partial charge in [0, 0.05) is 17.7 Å². The van der Waals surface area contributed by atoms with Gasteiger partial charge in [-0.3, -0.25) is 9.59 Å². The van der Waals surface area contributed by atoms with Gasteiger partial charge >= 0.3 is 0 Å². The highest BCUT2D eigenvalue weighted by molar-refractivity contribution is 6.05. The quantitative estimate of drug-likeness (QED) is 0.893. The molecule has 0 saturated carbocycles. The first-order valence-electron chi connectivity index (χ1n) is 7.12. The number of amides is 2. The fraction of sp³-hybridized carbons (Fsp3) is 0.176. The lowest BCUT2D eigenvalue weighted by atomic mass is 10.0. The molecular weight excluding hydrogens is 283 g/mol. The Morgan fingerprint density at radius 1 is 1.14 bits per heavy atom. The van der Waals surface area contributed by atoms with Gasteiger partial charge in [0.15, 0.2) is 0 Å². The standard InChI is InChI=1S/C17H15FN2O2/c18-13-5-1-2-6-15(13)20-17(22)12-8-9-14-11(10-12)4-3-7-16(21)19-14/h1-2,5-6,8-10H,3-4,7H2,(H,19,21)(H,20,22). The molecule has 5 heteroatoms. The van der Waals surface area contributed by atoms with Crippen LogP contribution in [0, 0.1) is 5.82 Å². The van der Waals surface area contributed by atoms with E-state index in [1.54, 1.807) is 30.3 Å². The molecule has 112 valence electrons. The topological polar surface area (TPSA) is 58.2 Å². The second-order valence-corrected chi connectivity index (χ2v) is 5.21. The Balaban J connectivity index is 1.83. The van der Waals surface area contributed by atoms with Gasteiger partial charge in [-0.05, 0) is 48.7 Å². The first-order chi connectivity index (χ1) is 10.6. The number of benzene rings is 2. The summed E-state index contributed by atoms with van der Waals surface area (Å²) in [7, 11) is 0. The fourth-order valence-electron chi connectivity index (χ4n) is 2.47. The molecule has 0 aromatic heterocycles. The highest BCUT2D eigenvalue weighted by atomic mass is 19.1. The highest BCUT2D eigenvalue weighted by Gasteiger charge is 2.15. The molecule has 2 aromatic rings. The molecule has 22 heavy (non-hydrogen) atoms. The first-order valence-corrected chi connectivity index (χ1v) is 7.12. The van der Waals surface area contributed by atoms with Crippen LogP contribution >= 0.6 is 0 Å². The number of halogens is 1. The second kappa shape index (κ2) is 5.97. The van der Waals surface area contributed by atoms with Gasteiger partial charge in [0.25, 0.3) is 5.91 Å². The number of rotatable bonds is 2. The van der Waals surface area contributed by atoms with E-state index in [-0.39, 0.29) is 17.5 Å². The van der Waals surface area contributed by atoms with Crippen LogP contribution in [0.4, 0.5) is 15.8 Å². The van der Waals surface area contributed by atoms with Gasteiger partial charge in [-0.2, -0.15) is 0 Å². The summed E-state index contributed by atoms with van der Waals surface area (Å²) in [5.41, 5.74) is 2.26. The predicted octanol–water partition coefficient (Wildman–Crippen LogP) is 3.35. The number of hydrogen-bond donors (Lipinski definition) is 2. The Morgan fingerprint density at radius 2 is 1.95 bits per heavy atom. The molecule has 1 heterocycles. The molecule has 1 aliphatic heterocycles. The number of para-hydroxylation sites is 1. The Kier molecular flexibility index (Phi) is 3.87. The largest absolute Gasteiger partial charge is 0.326 e. The average Bonchev–Trinajstić information content (AvgIpc) is 2.69. The zero-order chi connectivity index (χ0) is 15.5. The van der Waals surface area contributed by atoms with Gasteiger partial charge in [0.1, 0.15) is 5.82 Å². The van der Waals surface area contributed by atoms with Crippen molar-refractivity contribution in [1.82, 2.24) is 0 Å². The fourth-order valence-corrected chi connectivity index (χ4v) is 2.47. The maximum Gasteiger partial charge on any atom is 0.255 e. The van der Waals surface area contributed by atoms with Gasteiger partial charge in [0.2, 0.25) is 5.91 Å². The molecular formula is C17H15FN2O2. The van der Waals surface area contributed by atoms with Crippen molar-refractivity contribution in [3.8, 4) is 0 Å². The van der Waals surface area contributed by atoms with E-state index in [0.717, 1.165) is 24.1 Å². The molecule has 2 aromatic carbocycles. The van der Waals surface area contributed by atoms with Crippen molar-refractivity contribution in [2.75, 3.05) is 10.6 Å². The molecule has 0 aliphatic carbocycles. The van der Waals surface area contributed by atoms with E-state index in [9.17, 15) is 14.0 Å². The Bertz CT molecular complexity index is 743. The van der Waals surface area contributed by atoms with E-state index >= 15 is 0 Å². The zero-order valence-electron chi connectivity index (χ0n) is 11.9. The van der Waals surface area contributed by atoms with Gasteiger partial charge < -0.3 is 10.6 Å². The van der Waals surface area contributed by atoms with Crippen LogP contribution in [0.5, 0.6) is 0 Å². The first kappa shape index (κ1) is 14.3. The van der Waals surface area contributed by atoms with Crippen molar-refractivity contribution in [3.05, 3.63) is 59.4 Å². The van der Waals surface area contributed by atoms with Crippen LogP contribution in [-0.4, -0.2) is 11.8 Å². The summed E-state index contributed by atoms with van der Waals surface area (Å²) in [6.07, 6.45) is 1.96. The van der Waals surface area contributed by atoms with Crippen LogP contribution in [-0.2, 0) is 11.2 Å². The van der Waals surface area contributed by atoms with E-state index in [4.69, 9.17) is 0 Å². The lowest BCUT2D eigenvalue weighted by molar-refractivity contribution is -0.116. The summed E-state index contributed by atoms with van der Waals surface area (Å²) in [6, 6.07) is 11.1. The Labute approximate surface area is 127 Å². The van der Waals surface area contributed by atoms with Gasteiger partial charge in [-0.15, -0.1) is 0 Å². The third-order valence-electron chi connectivity index (χ3n) is 3.61. The summed E-state index contributed by atoms with van der Waals surface area (Å²) in [6.45, 7) is 0. The van der Waals surface area contributed by atoms with Crippen LogP contribution in [0.1, 0.15) is 28.8 Å². The van der Waals surface area contributed by atoms with E-state index in [2.05, 4.69) is 10.6 Å².